The van der Waals surface area contributed by atoms with Crippen LogP contribution in [-0.2, 0) is 11.2 Å². The molecule has 1 amide bonds. The normalized spacial score (nSPS) is 12.2. The molecule has 2 nitrogen and oxygen atoms in total. The Labute approximate surface area is 91.9 Å². The maximum atomic E-state index is 11.8. The van der Waals surface area contributed by atoms with Crippen molar-refractivity contribution in [3.05, 3.63) is 35.9 Å². The second-order valence-electron chi connectivity index (χ2n) is 3.94. The number of hydrogen-bond acceptors (Lipinski definition) is 1. The van der Waals surface area contributed by atoms with Crippen LogP contribution in [0.15, 0.2) is 30.3 Å². The Morgan fingerprint density at radius 1 is 1.33 bits per heavy atom. The first kappa shape index (κ1) is 11.8. The Morgan fingerprint density at radius 2 is 1.93 bits per heavy atom. The minimum absolute atomic E-state index is 0.0670. The lowest BCUT2D eigenvalue weighted by Gasteiger charge is -2.19. The summed E-state index contributed by atoms with van der Waals surface area (Å²) in [6, 6.07) is 10.1. The fourth-order valence-electron chi connectivity index (χ4n) is 1.59. The third kappa shape index (κ3) is 3.39. The summed E-state index contributed by atoms with van der Waals surface area (Å²) in [5.41, 5.74) is 1.22. The van der Waals surface area contributed by atoms with E-state index in [1.165, 1.54) is 5.56 Å². The zero-order chi connectivity index (χ0) is 11.3. The molecule has 0 saturated carbocycles. The van der Waals surface area contributed by atoms with Crippen LogP contribution in [0.25, 0.3) is 0 Å². The smallest absolute Gasteiger partial charge is 0.225 e. The minimum Gasteiger partial charge on any atom is -0.346 e. The molecule has 0 aliphatic rings. The van der Waals surface area contributed by atoms with E-state index in [2.05, 4.69) is 12.1 Å². The summed E-state index contributed by atoms with van der Waals surface area (Å²) in [4.78, 5) is 13.6. The van der Waals surface area contributed by atoms with Crippen molar-refractivity contribution >= 4 is 5.91 Å². The first-order chi connectivity index (χ1) is 7.15. The molecule has 0 radical (unpaired) electrons. The van der Waals surface area contributed by atoms with E-state index in [1.807, 2.05) is 39.1 Å². The molecule has 0 unspecified atom stereocenters. The highest BCUT2D eigenvalue weighted by Crippen LogP contribution is 2.10. The van der Waals surface area contributed by atoms with Gasteiger partial charge >= 0.3 is 0 Å². The summed E-state index contributed by atoms with van der Waals surface area (Å²) in [5.74, 6) is 0.290. The molecule has 0 fully saturated rings. The second-order valence-corrected chi connectivity index (χ2v) is 3.94. The lowest BCUT2D eigenvalue weighted by atomic mass is 10.00. The van der Waals surface area contributed by atoms with E-state index in [0.717, 1.165) is 13.0 Å². The second kappa shape index (κ2) is 5.54. The van der Waals surface area contributed by atoms with Gasteiger partial charge in [-0.1, -0.05) is 37.3 Å². The molecule has 0 saturated heterocycles. The number of carbonyl (C=O) groups excluding carboxylic acids is 1. The zero-order valence-electron chi connectivity index (χ0n) is 9.73. The monoisotopic (exact) mass is 205 g/mol. The van der Waals surface area contributed by atoms with Gasteiger partial charge in [-0.05, 0) is 18.9 Å². The van der Waals surface area contributed by atoms with Gasteiger partial charge < -0.3 is 4.90 Å². The molecule has 2 heteroatoms. The quantitative estimate of drug-likeness (QED) is 0.739. The molecule has 15 heavy (non-hydrogen) atoms. The van der Waals surface area contributed by atoms with Crippen LogP contribution in [0.3, 0.4) is 0 Å². The molecule has 1 atom stereocenters. The Hall–Kier alpha value is -1.31. The largest absolute Gasteiger partial charge is 0.346 e. The van der Waals surface area contributed by atoms with Gasteiger partial charge in [-0.3, -0.25) is 4.79 Å². The van der Waals surface area contributed by atoms with Crippen molar-refractivity contribution in [2.24, 2.45) is 5.92 Å². The maximum absolute atomic E-state index is 11.8. The van der Waals surface area contributed by atoms with E-state index in [9.17, 15) is 4.79 Å². The molecule has 1 aromatic rings. The van der Waals surface area contributed by atoms with Crippen LogP contribution in [-0.4, -0.2) is 24.4 Å². The molecule has 82 valence electrons. The molecule has 0 bridgehead atoms. The van der Waals surface area contributed by atoms with Crippen LogP contribution < -0.4 is 0 Å². The highest BCUT2D eigenvalue weighted by Gasteiger charge is 2.16. The lowest BCUT2D eigenvalue weighted by molar-refractivity contribution is -0.133. The van der Waals surface area contributed by atoms with E-state index in [0.29, 0.717) is 0 Å². The summed E-state index contributed by atoms with van der Waals surface area (Å²) in [5, 5.41) is 0. The number of hydrogen-bond donors (Lipinski definition) is 0. The predicted octanol–water partition coefficient (Wildman–Crippen LogP) is 2.34. The summed E-state index contributed by atoms with van der Waals surface area (Å²) in [6.45, 7) is 4.76. The Kier molecular flexibility index (Phi) is 4.35. The summed E-state index contributed by atoms with van der Waals surface area (Å²) in [6.07, 6.45) is 0.823. The average Bonchev–Trinajstić information content (AvgIpc) is 2.28. The first-order valence-corrected chi connectivity index (χ1v) is 5.44. The number of amides is 1. The zero-order valence-corrected chi connectivity index (χ0v) is 9.73. The molecule has 1 aromatic carbocycles. The van der Waals surface area contributed by atoms with Crippen molar-refractivity contribution in [1.29, 1.82) is 0 Å². The van der Waals surface area contributed by atoms with Gasteiger partial charge in [0.25, 0.3) is 0 Å². The van der Waals surface area contributed by atoms with Crippen LogP contribution >= 0.6 is 0 Å². The van der Waals surface area contributed by atoms with Gasteiger partial charge in [0.05, 0.1) is 0 Å². The Morgan fingerprint density at radius 3 is 2.47 bits per heavy atom. The summed E-state index contributed by atoms with van der Waals surface area (Å²) >= 11 is 0. The van der Waals surface area contributed by atoms with Crippen LogP contribution in [0.1, 0.15) is 19.4 Å². The van der Waals surface area contributed by atoms with Gasteiger partial charge in [0, 0.05) is 19.5 Å². The number of nitrogens with zero attached hydrogens (tertiary/aromatic N) is 1. The third-order valence-electron chi connectivity index (χ3n) is 2.66. The molecule has 0 aromatic heterocycles. The molecule has 0 aliphatic carbocycles. The average molecular weight is 205 g/mol. The van der Waals surface area contributed by atoms with Gasteiger partial charge in [0.1, 0.15) is 0 Å². The van der Waals surface area contributed by atoms with Gasteiger partial charge in [-0.25, -0.2) is 0 Å². The van der Waals surface area contributed by atoms with E-state index >= 15 is 0 Å². The van der Waals surface area contributed by atoms with Gasteiger partial charge in [-0.2, -0.15) is 0 Å². The topological polar surface area (TPSA) is 20.3 Å². The number of rotatable bonds is 4. The lowest BCUT2D eigenvalue weighted by Crippen LogP contribution is -2.32. The van der Waals surface area contributed by atoms with E-state index in [4.69, 9.17) is 0 Å². The molecule has 0 heterocycles. The predicted molar refractivity (Wildman–Crippen MR) is 62.6 cm³/mol. The standard InChI is InChI=1S/C13H19NO/c1-4-14(3)13(15)11(2)10-12-8-6-5-7-9-12/h5-9,11H,4,10H2,1-3H3/t11-/m1/s1. The molecular weight excluding hydrogens is 186 g/mol. The van der Waals surface area contributed by atoms with E-state index < -0.39 is 0 Å². The van der Waals surface area contributed by atoms with Crippen LogP contribution in [0, 0.1) is 5.92 Å². The molecule has 0 aliphatic heterocycles. The highest BCUT2D eigenvalue weighted by molar-refractivity contribution is 5.78. The van der Waals surface area contributed by atoms with E-state index in [-0.39, 0.29) is 11.8 Å². The summed E-state index contributed by atoms with van der Waals surface area (Å²) in [7, 11) is 1.85. The van der Waals surface area contributed by atoms with Crippen LogP contribution in [0.5, 0.6) is 0 Å². The first-order valence-electron chi connectivity index (χ1n) is 5.44. The van der Waals surface area contributed by atoms with E-state index in [1.54, 1.807) is 4.90 Å². The van der Waals surface area contributed by atoms with Crippen molar-refractivity contribution in [3.63, 3.8) is 0 Å². The molecule has 0 N–H and O–H groups in total. The number of benzene rings is 1. The Bertz CT molecular complexity index is 308. The highest BCUT2D eigenvalue weighted by atomic mass is 16.2. The minimum atomic E-state index is 0.0670. The van der Waals surface area contributed by atoms with Gasteiger partial charge in [0.2, 0.25) is 5.91 Å². The van der Waals surface area contributed by atoms with Gasteiger partial charge in [0.15, 0.2) is 0 Å². The maximum Gasteiger partial charge on any atom is 0.225 e. The van der Waals surface area contributed by atoms with Gasteiger partial charge in [-0.15, -0.1) is 0 Å². The Balaban J connectivity index is 2.56. The van der Waals surface area contributed by atoms with Crippen molar-refractivity contribution in [2.45, 2.75) is 20.3 Å². The van der Waals surface area contributed by atoms with Crippen molar-refractivity contribution in [1.82, 2.24) is 4.90 Å². The van der Waals surface area contributed by atoms with Crippen molar-refractivity contribution in [2.75, 3.05) is 13.6 Å². The van der Waals surface area contributed by atoms with Crippen molar-refractivity contribution in [3.8, 4) is 0 Å². The SMILES string of the molecule is CCN(C)C(=O)[C@H](C)Cc1ccccc1. The van der Waals surface area contributed by atoms with Crippen molar-refractivity contribution < 1.29 is 4.79 Å². The molecule has 1 rings (SSSR count). The third-order valence-corrected chi connectivity index (χ3v) is 2.66. The molecular formula is C13H19NO. The number of carbonyl (C=O) groups is 1. The molecule has 0 spiro atoms. The summed E-state index contributed by atoms with van der Waals surface area (Å²) < 4.78 is 0. The fraction of sp³-hybridized carbons (Fsp3) is 0.462. The van der Waals surface area contributed by atoms with Crippen LogP contribution in [0.4, 0.5) is 0 Å². The van der Waals surface area contributed by atoms with Crippen LogP contribution in [0.2, 0.25) is 0 Å². The fourth-order valence-corrected chi connectivity index (χ4v) is 1.59.